The zero-order valence-corrected chi connectivity index (χ0v) is 11.3. The van der Waals surface area contributed by atoms with Crippen LogP contribution in [0.3, 0.4) is 0 Å². The smallest absolute Gasteiger partial charge is 0.304 e. The monoisotopic (exact) mass is 271 g/mol. The SMILES string of the molecule is CC[C@H]1Cc2c([nH]c3ccccc23)C(=O)[C@@H]1CC(=O)O. The molecular weight excluding hydrogens is 254 g/mol. The van der Waals surface area contributed by atoms with E-state index in [9.17, 15) is 9.59 Å². The topological polar surface area (TPSA) is 70.2 Å². The molecule has 3 rings (SSSR count). The number of carboxylic acid groups (broad SMARTS) is 1. The van der Waals surface area contributed by atoms with Gasteiger partial charge >= 0.3 is 5.97 Å². The van der Waals surface area contributed by atoms with Crippen LogP contribution in [0.25, 0.3) is 10.9 Å². The van der Waals surface area contributed by atoms with Gasteiger partial charge in [-0.15, -0.1) is 0 Å². The van der Waals surface area contributed by atoms with Gasteiger partial charge in [-0.1, -0.05) is 31.5 Å². The Bertz CT molecular complexity index is 686. The summed E-state index contributed by atoms with van der Waals surface area (Å²) in [5.41, 5.74) is 2.62. The van der Waals surface area contributed by atoms with Crippen molar-refractivity contribution in [2.45, 2.75) is 26.2 Å². The molecule has 1 aliphatic rings. The zero-order chi connectivity index (χ0) is 14.3. The Morgan fingerprint density at radius 3 is 2.85 bits per heavy atom. The van der Waals surface area contributed by atoms with Gasteiger partial charge in [0.2, 0.25) is 0 Å². The standard InChI is InChI=1S/C16H17NO3/c1-2-9-7-12-10-5-3-4-6-13(10)17-15(12)16(20)11(9)8-14(18)19/h3-6,9,11,17H,2,7-8H2,1H3,(H,18,19)/t9-,11+/m0/s1. The van der Waals surface area contributed by atoms with Gasteiger partial charge in [-0.3, -0.25) is 9.59 Å². The molecule has 4 nitrogen and oxygen atoms in total. The van der Waals surface area contributed by atoms with Crippen LogP contribution in [0.2, 0.25) is 0 Å². The fourth-order valence-electron chi connectivity index (χ4n) is 3.30. The summed E-state index contributed by atoms with van der Waals surface area (Å²) in [6.07, 6.45) is 1.52. The van der Waals surface area contributed by atoms with Crippen molar-refractivity contribution in [2.75, 3.05) is 0 Å². The minimum atomic E-state index is -0.902. The number of Topliss-reactive ketones (excluding diaryl/α,β-unsaturated/α-hetero) is 1. The molecule has 0 bridgehead atoms. The Morgan fingerprint density at radius 2 is 2.15 bits per heavy atom. The van der Waals surface area contributed by atoms with Gasteiger partial charge in [0.1, 0.15) is 0 Å². The number of benzene rings is 1. The summed E-state index contributed by atoms with van der Waals surface area (Å²) in [5, 5.41) is 10.1. The maximum Gasteiger partial charge on any atom is 0.304 e. The van der Waals surface area contributed by atoms with Crippen molar-refractivity contribution in [1.29, 1.82) is 0 Å². The third-order valence-electron chi connectivity index (χ3n) is 4.35. The molecule has 104 valence electrons. The molecule has 2 N–H and O–H groups in total. The van der Waals surface area contributed by atoms with Crippen LogP contribution in [0, 0.1) is 11.8 Å². The second kappa shape index (κ2) is 4.78. The van der Waals surface area contributed by atoms with Crippen LogP contribution >= 0.6 is 0 Å². The predicted octanol–water partition coefficient (Wildman–Crippen LogP) is 3.02. The van der Waals surface area contributed by atoms with E-state index in [4.69, 9.17) is 5.11 Å². The van der Waals surface area contributed by atoms with Crippen LogP contribution in [0.4, 0.5) is 0 Å². The molecule has 0 saturated heterocycles. The third-order valence-corrected chi connectivity index (χ3v) is 4.35. The molecule has 0 spiro atoms. The number of fused-ring (bicyclic) bond motifs is 3. The fraction of sp³-hybridized carbons (Fsp3) is 0.375. The molecule has 2 aromatic rings. The van der Waals surface area contributed by atoms with Gasteiger partial charge < -0.3 is 10.1 Å². The lowest BCUT2D eigenvalue weighted by Crippen LogP contribution is -2.32. The van der Waals surface area contributed by atoms with Crippen molar-refractivity contribution < 1.29 is 14.7 Å². The van der Waals surface area contributed by atoms with Gasteiger partial charge in [-0.2, -0.15) is 0 Å². The van der Waals surface area contributed by atoms with Crippen molar-refractivity contribution in [3.8, 4) is 0 Å². The lowest BCUT2D eigenvalue weighted by Gasteiger charge is -2.28. The Balaban J connectivity index is 2.10. The number of carbonyl (C=O) groups excluding carboxylic acids is 1. The number of H-pyrrole nitrogens is 1. The van der Waals surface area contributed by atoms with Crippen LogP contribution in [-0.4, -0.2) is 21.8 Å². The van der Waals surface area contributed by atoms with Gasteiger partial charge in [-0.25, -0.2) is 0 Å². The number of nitrogens with one attached hydrogen (secondary N) is 1. The van der Waals surface area contributed by atoms with E-state index in [1.54, 1.807) is 0 Å². The van der Waals surface area contributed by atoms with Gasteiger partial charge in [-0.05, 0) is 24.0 Å². The van der Waals surface area contributed by atoms with Crippen molar-refractivity contribution >= 4 is 22.7 Å². The molecule has 0 fully saturated rings. The zero-order valence-electron chi connectivity index (χ0n) is 11.3. The summed E-state index contributed by atoms with van der Waals surface area (Å²) in [6.45, 7) is 2.02. The average Bonchev–Trinajstić information content (AvgIpc) is 2.80. The number of rotatable bonds is 3. The van der Waals surface area contributed by atoms with E-state index in [1.165, 1.54) is 0 Å². The first-order valence-electron chi connectivity index (χ1n) is 6.97. The first-order chi connectivity index (χ1) is 9.61. The predicted molar refractivity (Wildman–Crippen MR) is 75.9 cm³/mol. The molecule has 0 aliphatic heterocycles. The largest absolute Gasteiger partial charge is 0.481 e. The number of aliphatic carboxylic acids is 1. The summed E-state index contributed by atoms with van der Waals surface area (Å²) in [4.78, 5) is 26.8. The van der Waals surface area contributed by atoms with Crippen LogP contribution < -0.4 is 0 Å². The third kappa shape index (κ3) is 1.92. The van der Waals surface area contributed by atoms with Crippen molar-refractivity contribution in [3.05, 3.63) is 35.5 Å². The van der Waals surface area contributed by atoms with E-state index >= 15 is 0 Å². The van der Waals surface area contributed by atoms with Crippen LogP contribution in [-0.2, 0) is 11.2 Å². The maximum atomic E-state index is 12.6. The van der Waals surface area contributed by atoms with Gasteiger partial charge in [0.15, 0.2) is 5.78 Å². The minimum absolute atomic E-state index is 0.0447. The number of aromatic nitrogens is 1. The molecule has 0 radical (unpaired) electrons. The summed E-state index contributed by atoms with van der Waals surface area (Å²) in [7, 11) is 0. The molecule has 1 heterocycles. The number of hydrogen-bond acceptors (Lipinski definition) is 2. The highest BCUT2D eigenvalue weighted by Gasteiger charge is 2.37. The van der Waals surface area contributed by atoms with E-state index < -0.39 is 11.9 Å². The Morgan fingerprint density at radius 1 is 1.40 bits per heavy atom. The Labute approximate surface area is 116 Å². The summed E-state index contributed by atoms with van der Waals surface area (Å²) < 4.78 is 0. The first-order valence-corrected chi connectivity index (χ1v) is 6.97. The molecule has 0 saturated carbocycles. The van der Waals surface area contributed by atoms with Crippen LogP contribution in [0.5, 0.6) is 0 Å². The average molecular weight is 271 g/mol. The second-order valence-corrected chi connectivity index (χ2v) is 5.47. The molecule has 1 aliphatic carbocycles. The quantitative estimate of drug-likeness (QED) is 0.901. The molecule has 20 heavy (non-hydrogen) atoms. The number of ketones is 1. The van der Waals surface area contributed by atoms with Crippen LogP contribution in [0.1, 0.15) is 35.8 Å². The number of carbonyl (C=O) groups is 2. The highest BCUT2D eigenvalue weighted by molar-refractivity contribution is 6.05. The van der Waals surface area contributed by atoms with E-state index in [0.717, 1.165) is 29.3 Å². The number of carboxylic acids is 1. The van der Waals surface area contributed by atoms with Crippen LogP contribution in [0.15, 0.2) is 24.3 Å². The van der Waals surface area contributed by atoms with E-state index in [2.05, 4.69) is 4.98 Å². The van der Waals surface area contributed by atoms with E-state index in [-0.39, 0.29) is 18.1 Å². The minimum Gasteiger partial charge on any atom is -0.481 e. The summed E-state index contributed by atoms with van der Waals surface area (Å²) >= 11 is 0. The highest BCUT2D eigenvalue weighted by Crippen LogP contribution is 2.37. The van der Waals surface area contributed by atoms with Crippen molar-refractivity contribution in [3.63, 3.8) is 0 Å². The molecule has 0 amide bonds. The van der Waals surface area contributed by atoms with Crippen molar-refractivity contribution in [1.82, 2.24) is 4.98 Å². The first kappa shape index (κ1) is 12.9. The Hall–Kier alpha value is -2.10. The number of hydrogen-bond donors (Lipinski definition) is 2. The van der Waals surface area contributed by atoms with E-state index in [1.807, 2.05) is 31.2 Å². The molecule has 1 aromatic heterocycles. The molecular formula is C16H17NO3. The number of aromatic amines is 1. The second-order valence-electron chi connectivity index (χ2n) is 5.47. The van der Waals surface area contributed by atoms with Gasteiger partial charge in [0.05, 0.1) is 12.1 Å². The molecule has 2 atom stereocenters. The summed E-state index contributed by atoms with van der Waals surface area (Å²) in [5.74, 6) is -1.23. The molecule has 0 unspecified atom stereocenters. The molecule has 4 heteroatoms. The summed E-state index contributed by atoms with van der Waals surface area (Å²) in [6, 6.07) is 7.86. The number of para-hydroxylation sites is 1. The van der Waals surface area contributed by atoms with Gasteiger partial charge in [0, 0.05) is 16.8 Å². The van der Waals surface area contributed by atoms with E-state index in [0.29, 0.717) is 5.69 Å². The van der Waals surface area contributed by atoms with Crippen molar-refractivity contribution in [2.24, 2.45) is 11.8 Å². The Kier molecular flexibility index (Phi) is 3.08. The normalized spacial score (nSPS) is 21.9. The van der Waals surface area contributed by atoms with Gasteiger partial charge in [0.25, 0.3) is 0 Å². The lowest BCUT2D eigenvalue weighted by molar-refractivity contribution is -0.138. The molecule has 1 aromatic carbocycles. The lowest BCUT2D eigenvalue weighted by atomic mass is 9.74. The maximum absolute atomic E-state index is 12.6. The highest BCUT2D eigenvalue weighted by atomic mass is 16.4. The fourth-order valence-corrected chi connectivity index (χ4v) is 3.30.